The fourth-order valence-electron chi connectivity index (χ4n) is 2.31. The molecule has 0 bridgehead atoms. The van der Waals surface area contributed by atoms with Crippen LogP contribution in [0.15, 0.2) is 91.0 Å². The normalized spacial score (nSPS) is 10.1. The van der Waals surface area contributed by atoms with Crippen LogP contribution >= 0.6 is 24.0 Å². The molecule has 0 fully saturated rings. The topological polar surface area (TPSA) is 0 Å². The van der Waals surface area contributed by atoms with Gasteiger partial charge in [-0.15, -0.1) is 24.0 Å². The van der Waals surface area contributed by atoms with Gasteiger partial charge in [0.25, 0.3) is 0 Å². The van der Waals surface area contributed by atoms with Crippen molar-refractivity contribution in [3.8, 4) is 0 Å². The van der Waals surface area contributed by atoms with Gasteiger partial charge in [-0.05, 0) is 0 Å². The van der Waals surface area contributed by atoms with Gasteiger partial charge in [-0.2, -0.15) is 0 Å². The number of hydrogen-bond acceptors (Lipinski definition) is 0. The molecule has 0 amide bonds. The van der Waals surface area contributed by atoms with Crippen LogP contribution in [0.25, 0.3) is 0 Å². The molecule has 0 atom stereocenters. The molecule has 1 radical (unpaired) electrons. The molecule has 0 heterocycles. The quantitative estimate of drug-likeness (QED) is 0.402. The fourth-order valence-corrected chi connectivity index (χ4v) is 9.67. The van der Waals surface area contributed by atoms with Crippen molar-refractivity contribution in [1.29, 1.82) is 0 Å². The Kier molecular flexibility index (Phi) is 6.10. The second-order valence-electron chi connectivity index (χ2n) is 4.47. The molecule has 0 saturated carbocycles. The Morgan fingerprint density at radius 1 is 0.400 bits per heavy atom. The Morgan fingerprint density at radius 3 is 0.900 bits per heavy atom. The zero-order valence-electron chi connectivity index (χ0n) is 11.1. The molecule has 0 aromatic heterocycles. The predicted octanol–water partition coefficient (Wildman–Crippen LogP) is 2.82. The van der Waals surface area contributed by atoms with Gasteiger partial charge in [0, 0.05) is 0 Å². The molecule has 0 unspecified atom stereocenters. The SMILES string of the molecule is I.c1cc[c]([Sn]([c]2ccccc2)[c]2ccccc2)cc1. The molecule has 0 nitrogen and oxygen atoms in total. The van der Waals surface area contributed by atoms with E-state index in [0.717, 1.165) is 0 Å². The Hall–Kier alpha value is -0.811. The standard InChI is InChI=1S/3C6H5.HI.Sn/c3*1-2-4-6-5-3-1;;/h3*1-5H;1H;. The van der Waals surface area contributed by atoms with E-state index in [2.05, 4.69) is 91.0 Å². The minimum absolute atomic E-state index is 0. The molecule has 3 rings (SSSR count). The number of hydrogen-bond donors (Lipinski definition) is 0. The summed E-state index contributed by atoms with van der Waals surface area (Å²) in [7, 11) is 0. The molecule has 99 valence electrons. The third-order valence-electron chi connectivity index (χ3n) is 3.19. The zero-order valence-corrected chi connectivity index (χ0v) is 16.3. The van der Waals surface area contributed by atoms with Crippen molar-refractivity contribution >= 4 is 54.5 Å². The van der Waals surface area contributed by atoms with E-state index >= 15 is 0 Å². The summed E-state index contributed by atoms with van der Waals surface area (Å²) in [5.74, 6) is 0. The Balaban J connectivity index is 0.00000147. The first-order chi connectivity index (χ1) is 9.45. The van der Waals surface area contributed by atoms with Crippen molar-refractivity contribution in [2.45, 2.75) is 0 Å². The summed E-state index contributed by atoms with van der Waals surface area (Å²) in [5.41, 5.74) is 0. The Bertz CT molecular complexity index is 529. The summed E-state index contributed by atoms with van der Waals surface area (Å²) in [6, 6.07) is 32.9. The van der Waals surface area contributed by atoms with E-state index < -0.39 is 19.8 Å². The van der Waals surface area contributed by atoms with Crippen molar-refractivity contribution in [2.75, 3.05) is 0 Å². The van der Waals surface area contributed by atoms with Gasteiger partial charge in [0.05, 0.1) is 0 Å². The van der Waals surface area contributed by atoms with Crippen molar-refractivity contribution in [2.24, 2.45) is 0 Å². The van der Waals surface area contributed by atoms with Gasteiger partial charge >= 0.3 is 121 Å². The van der Waals surface area contributed by atoms with Crippen molar-refractivity contribution < 1.29 is 0 Å². The van der Waals surface area contributed by atoms with Crippen LogP contribution in [-0.4, -0.2) is 19.8 Å². The summed E-state index contributed by atoms with van der Waals surface area (Å²) in [4.78, 5) is 0. The van der Waals surface area contributed by atoms with Gasteiger partial charge < -0.3 is 0 Å². The van der Waals surface area contributed by atoms with Gasteiger partial charge in [-0.25, -0.2) is 0 Å². The van der Waals surface area contributed by atoms with E-state index in [9.17, 15) is 0 Å². The van der Waals surface area contributed by atoms with E-state index in [1.807, 2.05) is 0 Å². The molecule has 0 N–H and O–H groups in total. The van der Waals surface area contributed by atoms with Crippen LogP contribution in [0.2, 0.25) is 0 Å². The van der Waals surface area contributed by atoms with Crippen LogP contribution in [0.1, 0.15) is 0 Å². The van der Waals surface area contributed by atoms with E-state index in [4.69, 9.17) is 0 Å². The average molecular weight is 478 g/mol. The number of rotatable bonds is 3. The first kappa shape index (κ1) is 15.6. The minimum atomic E-state index is -1.98. The Labute approximate surface area is 144 Å². The van der Waals surface area contributed by atoms with Crippen LogP contribution in [0.5, 0.6) is 0 Å². The molecule has 0 aliphatic heterocycles. The van der Waals surface area contributed by atoms with Gasteiger partial charge in [-0.3, -0.25) is 0 Å². The first-order valence-corrected chi connectivity index (χ1v) is 10.8. The first-order valence-electron chi connectivity index (χ1n) is 6.48. The molecule has 0 aliphatic carbocycles. The van der Waals surface area contributed by atoms with E-state index in [-0.39, 0.29) is 24.0 Å². The summed E-state index contributed by atoms with van der Waals surface area (Å²) in [6.45, 7) is 0. The monoisotopic (exact) mass is 479 g/mol. The molecule has 0 aliphatic rings. The maximum atomic E-state index is 2.29. The van der Waals surface area contributed by atoms with Crippen LogP contribution in [0.4, 0.5) is 0 Å². The molecule has 3 aromatic rings. The Morgan fingerprint density at radius 2 is 0.650 bits per heavy atom. The molecule has 0 spiro atoms. The van der Waals surface area contributed by atoms with Crippen LogP contribution in [-0.2, 0) is 0 Å². The third kappa shape index (κ3) is 3.64. The van der Waals surface area contributed by atoms with Gasteiger partial charge in [0.1, 0.15) is 0 Å². The van der Waals surface area contributed by atoms with Crippen LogP contribution in [0, 0.1) is 0 Å². The molecular formula is C18H16ISn. The third-order valence-corrected chi connectivity index (χ3v) is 11.0. The molecule has 0 saturated heterocycles. The van der Waals surface area contributed by atoms with Gasteiger partial charge in [0.2, 0.25) is 0 Å². The van der Waals surface area contributed by atoms with E-state index in [0.29, 0.717) is 0 Å². The van der Waals surface area contributed by atoms with E-state index in [1.54, 1.807) is 0 Å². The summed E-state index contributed by atoms with van der Waals surface area (Å²) in [6.07, 6.45) is 0. The molecule has 2 heteroatoms. The number of halogens is 1. The second-order valence-corrected chi connectivity index (χ2v) is 11.6. The van der Waals surface area contributed by atoms with Crippen molar-refractivity contribution in [3.63, 3.8) is 0 Å². The fraction of sp³-hybridized carbons (Fsp3) is 0. The average Bonchev–Trinajstić information content (AvgIpc) is 2.51. The van der Waals surface area contributed by atoms with Gasteiger partial charge in [0.15, 0.2) is 0 Å². The van der Waals surface area contributed by atoms with Gasteiger partial charge in [-0.1, -0.05) is 0 Å². The predicted molar refractivity (Wildman–Crippen MR) is 99.4 cm³/mol. The second kappa shape index (κ2) is 7.84. The molecular weight excluding hydrogens is 462 g/mol. The molecule has 20 heavy (non-hydrogen) atoms. The van der Waals surface area contributed by atoms with E-state index in [1.165, 1.54) is 10.7 Å². The summed E-state index contributed by atoms with van der Waals surface area (Å²) >= 11 is -1.98. The number of benzene rings is 3. The van der Waals surface area contributed by atoms with Crippen LogP contribution < -0.4 is 10.7 Å². The maximum absolute atomic E-state index is 2.29. The summed E-state index contributed by atoms with van der Waals surface area (Å²) < 4.78 is 4.59. The van der Waals surface area contributed by atoms with Crippen molar-refractivity contribution in [3.05, 3.63) is 91.0 Å². The van der Waals surface area contributed by atoms with Crippen LogP contribution in [0.3, 0.4) is 0 Å². The summed E-state index contributed by atoms with van der Waals surface area (Å²) in [5, 5.41) is 0. The van der Waals surface area contributed by atoms with Crippen molar-refractivity contribution in [1.82, 2.24) is 0 Å². The zero-order chi connectivity index (χ0) is 12.9. The molecule has 3 aromatic carbocycles.